The van der Waals surface area contributed by atoms with E-state index in [9.17, 15) is 0 Å². The van der Waals surface area contributed by atoms with Gasteiger partial charge in [-0.25, -0.2) is 0 Å². The SMILES string of the molecule is COc1ccc(CC(N)c2cccs2)cc1.Cl. The average Bonchev–Trinajstić information content (AvgIpc) is 2.83. The maximum absolute atomic E-state index is 6.12. The quantitative estimate of drug-likeness (QED) is 0.923. The summed E-state index contributed by atoms with van der Waals surface area (Å²) >= 11 is 1.71. The van der Waals surface area contributed by atoms with Crippen molar-refractivity contribution in [2.24, 2.45) is 5.73 Å². The number of rotatable bonds is 4. The fourth-order valence-corrected chi connectivity index (χ4v) is 2.35. The van der Waals surface area contributed by atoms with Gasteiger partial charge in [-0.1, -0.05) is 18.2 Å². The minimum Gasteiger partial charge on any atom is -0.497 e. The van der Waals surface area contributed by atoms with E-state index >= 15 is 0 Å². The molecule has 0 amide bonds. The van der Waals surface area contributed by atoms with Gasteiger partial charge >= 0.3 is 0 Å². The van der Waals surface area contributed by atoms with E-state index < -0.39 is 0 Å². The lowest BCUT2D eigenvalue weighted by molar-refractivity contribution is 0.414. The first kappa shape index (κ1) is 14.0. The Morgan fingerprint density at radius 3 is 2.47 bits per heavy atom. The molecule has 0 spiro atoms. The van der Waals surface area contributed by atoms with Gasteiger partial charge in [0.2, 0.25) is 0 Å². The predicted octanol–water partition coefficient (Wildman–Crippen LogP) is 3.42. The lowest BCUT2D eigenvalue weighted by Crippen LogP contribution is -2.11. The molecule has 2 rings (SSSR count). The molecule has 2 N–H and O–H groups in total. The maximum atomic E-state index is 6.12. The zero-order chi connectivity index (χ0) is 11.4. The Balaban J connectivity index is 0.00000144. The van der Waals surface area contributed by atoms with Gasteiger partial charge in [-0.15, -0.1) is 23.7 Å². The highest BCUT2D eigenvalue weighted by Gasteiger charge is 2.07. The number of hydrogen-bond donors (Lipinski definition) is 1. The standard InChI is InChI=1S/C13H15NOS.ClH/c1-15-11-6-4-10(5-7-11)9-12(14)13-3-2-8-16-13;/h2-8,12H,9,14H2,1H3;1H. The zero-order valence-corrected chi connectivity index (χ0v) is 11.3. The minimum absolute atomic E-state index is 0. The summed E-state index contributed by atoms with van der Waals surface area (Å²) in [7, 11) is 1.67. The molecule has 0 saturated carbocycles. The molecule has 0 saturated heterocycles. The van der Waals surface area contributed by atoms with Gasteiger partial charge < -0.3 is 10.5 Å². The van der Waals surface area contributed by atoms with E-state index in [1.165, 1.54) is 10.4 Å². The van der Waals surface area contributed by atoms with Gasteiger partial charge in [-0.3, -0.25) is 0 Å². The van der Waals surface area contributed by atoms with E-state index in [1.54, 1.807) is 18.4 Å². The normalized spacial score (nSPS) is 11.6. The van der Waals surface area contributed by atoms with Gasteiger partial charge in [-0.2, -0.15) is 0 Å². The number of hydrogen-bond acceptors (Lipinski definition) is 3. The van der Waals surface area contributed by atoms with Gasteiger partial charge in [-0.05, 0) is 35.6 Å². The molecule has 0 aliphatic carbocycles. The second-order valence-electron chi connectivity index (χ2n) is 3.67. The lowest BCUT2D eigenvalue weighted by atomic mass is 10.1. The number of methoxy groups -OCH3 is 1. The molecular weight excluding hydrogens is 254 g/mol. The van der Waals surface area contributed by atoms with Crippen LogP contribution in [0.3, 0.4) is 0 Å². The molecule has 2 aromatic rings. The summed E-state index contributed by atoms with van der Waals surface area (Å²) < 4.78 is 5.12. The number of thiophene rings is 1. The number of benzene rings is 1. The number of ether oxygens (including phenoxy) is 1. The summed E-state index contributed by atoms with van der Waals surface area (Å²) in [5, 5.41) is 2.06. The Labute approximate surface area is 112 Å². The first-order valence-corrected chi connectivity index (χ1v) is 6.09. The van der Waals surface area contributed by atoms with Crippen molar-refractivity contribution in [3.63, 3.8) is 0 Å². The highest BCUT2D eigenvalue weighted by molar-refractivity contribution is 7.10. The van der Waals surface area contributed by atoms with Crippen LogP contribution in [0, 0.1) is 0 Å². The van der Waals surface area contributed by atoms with Crippen LogP contribution in [-0.2, 0) is 6.42 Å². The summed E-state index contributed by atoms with van der Waals surface area (Å²) in [6, 6.07) is 12.3. The summed E-state index contributed by atoms with van der Waals surface area (Å²) in [4.78, 5) is 1.23. The molecule has 4 heteroatoms. The minimum atomic E-state index is 0. The first-order valence-electron chi connectivity index (χ1n) is 5.21. The van der Waals surface area contributed by atoms with Crippen molar-refractivity contribution < 1.29 is 4.74 Å². The van der Waals surface area contributed by atoms with Crippen molar-refractivity contribution in [2.45, 2.75) is 12.5 Å². The number of nitrogens with two attached hydrogens (primary N) is 1. The van der Waals surface area contributed by atoms with Crippen molar-refractivity contribution in [3.05, 3.63) is 52.2 Å². The Kier molecular flexibility index (Phi) is 5.48. The monoisotopic (exact) mass is 269 g/mol. The Bertz CT molecular complexity index is 427. The molecule has 1 heterocycles. The third kappa shape index (κ3) is 3.73. The molecule has 0 aliphatic heterocycles. The summed E-state index contributed by atoms with van der Waals surface area (Å²) in [5.41, 5.74) is 7.36. The number of halogens is 1. The van der Waals surface area contributed by atoms with Crippen molar-refractivity contribution in [2.75, 3.05) is 7.11 Å². The van der Waals surface area contributed by atoms with Gasteiger partial charge in [0, 0.05) is 10.9 Å². The van der Waals surface area contributed by atoms with Crippen LogP contribution in [0.25, 0.3) is 0 Å². The largest absolute Gasteiger partial charge is 0.497 e. The second-order valence-corrected chi connectivity index (χ2v) is 4.65. The average molecular weight is 270 g/mol. The van der Waals surface area contributed by atoms with Crippen LogP contribution in [-0.4, -0.2) is 7.11 Å². The maximum Gasteiger partial charge on any atom is 0.118 e. The van der Waals surface area contributed by atoms with Gasteiger partial charge in [0.05, 0.1) is 7.11 Å². The van der Waals surface area contributed by atoms with Crippen LogP contribution in [0.4, 0.5) is 0 Å². The molecule has 0 fully saturated rings. The predicted molar refractivity (Wildman–Crippen MR) is 75.2 cm³/mol. The Hall–Kier alpha value is -1.03. The molecule has 1 unspecified atom stereocenters. The van der Waals surface area contributed by atoms with Crippen LogP contribution >= 0.6 is 23.7 Å². The van der Waals surface area contributed by atoms with Crippen molar-refractivity contribution in [1.29, 1.82) is 0 Å². The highest BCUT2D eigenvalue weighted by Crippen LogP contribution is 2.21. The third-order valence-corrected chi connectivity index (χ3v) is 3.53. The van der Waals surface area contributed by atoms with Crippen LogP contribution in [0.1, 0.15) is 16.5 Å². The summed E-state index contributed by atoms with van der Waals surface area (Å²) in [5.74, 6) is 0.883. The molecule has 0 radical (unpaired) electrons. The van der Waals surface area contributed by atoms with Gasteiger partial charge in [0.1, 0.15) is 5.75 Å². The zero-order valence-electron chi connectivity index (χ0n) is 9.63. The topological polar surface area (TPSA) is 35.2 Å². The second kappa shape index (κ2) is 6.64. The molecule has 92 valence electrons. The molecule has 0 aliphatic rings. The molecule has 1 aromatic carbocycles. The third-order valence-electron chi connectivity index (χ3n) is 2.52. The van der Waals surface area contributed by atoms with E-state index in [4.69, 9.17) is 10.5 Å². The van der Waals surface area contributed by atoms with Gasteiger partial charge in [0.15, 0.2) is 0 Å². The van der Waals surface area contributed by atoms with Crippen LogP contribution in [0.15, 0.2) is 41.8 Å². The molecule has 1 aromatic heterocycles. The molecule has 0 bridgehead atoms. The van der Waals surface area contributed by atoms with E-state index in [-0.39, 0.29) is 18.4 Å². The molecular formula is C13H16ClNOS. The fourth-order valence-electron chi connectivity index (χ4n) is 1.62. The van der Waals surface area contributed by atoms with Crippen LogP contribution in [0.2, 0.25) is 0 Å². The van der Waals surface area contributed by atoms with Gasteiger partial charge in [0.25, 0.3) is 0 Å². The molecule has 2 nitrogen and oxygen atoms in total. The molecule has 1 atom stereocenters. The highest BCUT2D eigenvalue weighted by atomic mass is 35.5. The van der Waals surface area contributed by atoms with E-state index in [0.717, 1.165) is 12.2 Å². The first-order chi connectivity index (χ1) is 7.79. The summed E-state index contributed by atoms with van der Waals surface area (Å²) in [6.07, 6.45) is 0.866. The fraction of sp³-hybridized carbons (Fsp3) is 0.231. The van der Waals surface area contributed by atoms with E-state index in [0.29, 0.717) is 0 Å². The van der Waals surface area contributed by atoms with Crippen molar-refractivity contribution in [3.8, 4) is 5.75 Å². The molecule has 17 heavy (non-hydrogen) atoms. The Morgan fingerprint density at radius 1 is 1.24 bits per heavy atom. The summed E-state index contributed by atoms with van der Waals surface area (Å²) in [6.45, 7) is 0. The van der Waals surface area contributed by atoms with Crippen molar-refractivity contribution >= 4 is 23.7 Å². The van der Waals surface area contributed by atoms with Crippen LogP contribution < -0.4 is 10.5 Å². The van der Waals surface area contributed by atoms with Crippen molar-refractivity contribution in [1.82, 2.24) is 0 Å². The lowest BCUT2D eigenvalue weighted by Gasteiger charge is -2.09. The van der Waals surface area contributed by atoms with Crippen LogP contribution in [0.5, 0.6) is 5.75 Å². The van der Waals surface area contributed by atoms with E-state index in [2.05, 4.69) is 23.6 Å². The van der Waals surface area contributed by atoms with E-state index in [1.807, 2.05) is 18.2 Å². The Morgan fingerprint density at radius 2 is 1.94 bits per heavy atom. The smallest absolute Gasteiger partial charge is 0.118 e.